The Balaban J connectivity index is 2.50. The Labute approximate surface area is 124 Å². The Morgan fingerprint density at radius 1 is 1.43 bits per heavy atom. The molecule has 1 unspecified atom stereocenters. The number of nitrogens with two attached hydrogens (primary N) is 1. The second-order valence-corrected chi connectivity index (χ2v) is 4.69. The number of methoxy groups -OCH3 is 1. The van der Waals surface area contributed by atoms with Crippen LogP contribution in [0.2, 0.25) is 0 Å². The average molecular weight is 296 g/mol. The van der Waals surface area contributed by atoms with Crippen LogP contribution in [0.1, 0.15) is 32.5 Å². The monoisotopic (exact) mass is 296 g/mol. The third-order valence-corrected chi connectivity index (χ3v) is 2.87. The Hall–Kier alpha value is -1.93. The van der Waals surface area contributed by atoms with Gasteiger partial charge in [-0.15, -0.1) is 0 Å². The summed E-state index contributed by atoms with van der Waals surface area (Å²) in [5, 5.41) is 5.98. The molecular weight excluding hydrogens is 272 g/mol. The van der Waals surface area contributed by atoms with Crippen LogP contribution in [0.5, 0.6) is 0 Å². The number of ether oxygens (including phenoxy) is 1. The van der Waals surface area contributed by atoms with Gasteiger partial charge in [-0.25, -0.2) is 15.8 Å². The lowest BCUT2D eigenvalue weighted by atomic mass is 10.2. The summed E-state index contributed by atoms with van der Waals surface area (Å²) in [6.07, 6.45) is 1.29. The molecule has 0 spiro atoms. The summed E-state index contributed by atoms with van der Waals surface area (Å²) < 4.78 is 5.00. The molecule has 1 aromatic heterocycles. The minimum atomic E-state index is 0.0141. The van der Waals surface area contributed by atoms with Gasteiger partial charge in [0.15, 0.2) is 5.82 Å². The number of hydrogen-bond donors (Lipinski definition) is 4. The van der Waals surface area contributed by atoms with Crippen molar-refractivity contribution in [1.82, 2.24) is 15.3 Å². The summed E-state index contributed by atoms with van der Waals surface area (Å²) >= 11 is 0. The van der Waals surface area contributed by atoms with Crippen LogP contribution in [0.15, 0.2) is 6.07 Å². The van der Waals surface area contributed by atoms with Crippen molar-refractivity contribution in [3.63, 3.8) is 0 Å². The summed E-state index contributed by atoms with van der Waals surface area (Å²) in [7, 11) is 1.57. The van der Waals surface area contributed by atoms with Gasteiger partial charge in [-0.1, -0.05) is 6.92 Å². The van der Waals surface area contributed by atoms with Gasteiger partial charge in [0.05, 0.1) is 0 Å². The van der Waals surface area contributed by atoms with E-state index < -0.39 is 0 Å². The van der Waals surface area contributed by atoms with Gasteiger partial charge >= 0.3 is 0 Å². The van der Waals surface area contributed by atoms with Gasteiger partial charge in [-0.3, -0.25) is 4.79 Å². The number of carbonyl (C=O) groups is 1. The number of nitrogens with one attached hydrogen (secondary N) is 3. The number of nitrogen functional groups attached to an aromatic ring is 1. The number of nitrogens with zero attached hydrogens (tertiary/aromatic N) is 2. The fraction of sp³-hybridized carbons (Fsp3) is 0.615. The van der Waals surface area contributed by atoms with Crippen LogP contribution in [0, 0.1) is 0 Å². The molecule has 0 aliphatic heterocycles. The molecule has 8 heteroatoms. The third-order valence-electron chi connectivity index (χ3n) is 2.87. The molecular formula is C13H24N6O2. The van der Waals surface area contributed by atoms with Crippen LogP contribution in [-0.2, 0) is 16.1 Å². The molecule has 1 heterocycles. The molecule has 0 fully saturated rings. The molecule has 1 amide bonds. The Kier molecular flexibility index (Phi) is 7.41. The highest BCUT2D eigenvalue weighted by Gasteiger charge is 2.07. The van der Waals surface area contributed by atoms with Crippen LogP contribution < -0.4 is 21.9 Å². The fourth-order valence-electron chi connectivity index (χ4n) is 1.61. The van der Waals surface area contributed by atoms with Gasteiger partial charge in [0.25, 0.3) is 0 Å². The van der Waals surface area contributed by atoms with E-state index in [4.69, 9.17) is 10.6 Å². The average Bonchev–Trinajstić information content (AvgIpc) is 2.47. The maximum absolute atomic E-state index is 11.7. The Bertz CT molecular complexity index is 454. The molecule has 0 aliphatic rings. The zero-order chi connectivity index (χ0) is 15.7. The number of amides is 1. The number of carbonyl (C=O) groups excluding carboxylic acids is 1. The second kappa shape index (κ2) is 9.09. The first-order valence-corrected chi connectivity index (χ1v) is 6.95. The maximum atomic E-state index is 11.7. The van der Waals surface area contributed by atoms with Crippen LogP contribution in [0.3, 0.4) is 0 Å². The largest absolute Gasteiger partial charge is 0.377 e. The number of anilines is 2. The van der Waals surface area contributed by atoms with Crippen LogP contribution in [0.4, 0.5) is 11.6 Å². The molecule has 0 bridgehead atoms. The normalized spacial score (nSPS) is 11.8. The van der Waals surface area contributed by atoms with Gasteiger partial charge in [0, 0.05) is 32.2 Å². The van der Waals surface area contributed by atoms with E-state index in [0.29, 0.717) is 37.0 Å². The number of aromatic nitrogens is 2. The van der Waals surface area contributed by atoms with Gasteiger partial charge in [-0.05, 0) is 13.3 Å². The van der Waals surface area contributed by atoms with Crippen molar-refractivity contribution in [2.75, 3.05) is 24.4 Å². The van der Waals surface area contributed by atoms with Crippen LogP contribution in [0.25, 0.3) is 0 Å². The van der Waals surface area contributed by atoms with Crippen molar-refractivity contribution >= 4 is 17.5 Å². The number of hydrazine groups is 1. The molecule has 1 atom stereocenters. The molecule has 5 N–H and O–H groups in total. The Morgan fingerprint density at radius 2 is 2.14 bits per heavy atom. The lowest BCUT2D eigenvalue weighted by Crippen LogP contribution is -2.33. The third kappa shape index (κ3) is 6.37. The highest BCUT2D eigenvalue weighted by molar-refractivity contribution is 5.76. The molecule has 1 rings (SSSR count). The predicted octanol–water partition coefficient (Wildman–Crippen LogP) is 0.625. The van der Waals surface area contributed by atoms with Gasteiger partial charge in [-0.2, -0.15) is 0 Å². The summed E-state index contributed by atoms with van der Waals surface area (Å²) in [6.45, 7) is 4.78. The first kappa shape index (κ1) is 17.1. The van der Waals surface area contributed by atoms with E-state index in [-0.39, 0.29) is 11.9 Å². The summed E-state index contributed by atoms with van der Waals surface area (Å²) in [4.78, 5) is 20.1. The first-order chi connectivity index (χ1) is 10.1. The van der Waals surface area contributed by atoms with Crippen molar-refractivity contribution in [3.8, 4) is 0 Å². The molecule has 0 saturated heterocycles. The number of rotatable bonds is 9. The molecule has 0 radical (unpaired) electrons. The second-order valence-electron chi connectivity index (χ2n) is 4.69. The van der Waals surface area contributed by atoms with Gasteiger partial charge in [0.1, 0.15) is 18.2 Å². The zero-order valence-electron chi connectivity index (χ0n) is 12.8. The first-order valence-electron chi connectivity index (χ1n) is 6.95. The van der Waals surface area contributed by atoms with Crippen molar-refractivity contribution < 1.29 is 9.53 Å². The SMILES string of the molecule is CCC(C)NC(=O)CCNc1cc(NN)nc(COC)n1. The van der Waals surface area contributed by atoms with Crippen LogP contribution >= 0.6 is 0 Å². The lowest BCUT2D eigenvalue weighted by Gasteiger charge is -2.12. The minimum absolute atomic E-state index is 0.0141. The highest BCUT2D eigenvalue weighted by atomic mass is 16.5. The molecule has 0 saturated carbocycles. The van der Waals surface area contributed by atoms with Gasteiger partial charge < -0.3 is 20.8 Å². The maximum Gasteiger partial charge on any atom is 0.221 e. The van der Waals surface area contributed by atoms with E-state index in [0.717, 1.165) is 6.42 Å². The van der Waals surface area contributed by atoms with Crippen molar-refractivity contribution in [1.29, 1.82) is 0 Å². The van der Waals surface area contributed by atoms with Crippen molar-refractivity contribution in [2.45, 2.75) is 39.3 Å². The van der Waals surface area contributed by atoms with E-state index in [2.05, 4.69) is 26.0 Å². The molecule has 0 aromatic carbocycles. The van der Waals surface area contributed by atoms with E-state index in [1.54, 1.807) is 13.2 Å². The molecule has 8 nitrogen and oxygen atoms in total. The minimum Gasteiger partial charge on any atom is -0.377 e. The highest BCUT2D eigenvalue weighted by Crippen LogP contribution is 2.10. The Morgan fingerprint density at radius 3 is 2.76 bits per heavy atom. The van der Waals surface area contributed by atoms with Crippen LogP contribution in [-0.4, -0.2) is 35.6 Å². The fourth-order valence-corrected chi connectivity index (χ4v) is 1.61. The van der Waals surface area contributed by atoms with E-state index >= 15 is 0 Å². The van der Waals surface area contributed by atoms with Crippen molar-refractivity contribution in [3.05, 3.63) is 11.9 Å². The number of hydrogen-bond acceptors (Lipinski definition) is 7. The van der Waals surface area contributed by atoms with E-state index in [1.807, 2.05) is 13.8 Å². The smallest absolute Gasteiger partial charge is 0.221 e. The summed E-state index contributed by atoms with van der Waals surface area (Å²) in [6, 6.07) is 1.86. The quantitative estimate of drug-likeness (QED) is 0.390. The molecule has 118 valence electrons. The lowest BCUT2D eigenvalue weighted by molar-refractivity contribution is -0.121. The summed E-state index contributed by atoms with van der Waals surface area (Å²) in [5.74, 6) is 6.97. The van der Waals surface area contributed by atoms with E-state index in [9.17, 15) is 4.79 Å². The van der Waals surface area contributed by atoms with Gasteiger partial charge in [0.2, 0.25) is 5.91 Å². The predicted molar refractivity (Wildman–Crippen MR) is 81.6 cm³/mol. The topological polar surface area (TPSA) is 114 Å². The molecule has 1 aromatic rings. The zero-order valence-corrected chi connectivity index (χ0v) is 12.8. The standard InChI is InChI=1S/C13H24N6O2/c1-4-9(2)16-13(20)5-6-15-10-7-11(19-14)18-12(17-10)8-21-3/h7,9H,4-6,8,14H2,1-3H3,(H,16,20)(H2,15,17,18,19). The molecule has 0 aliphatic carbocycles. The van der Waals surface area contributed by atoms with Crippen molar-refractivity contribution in [2.24, 2.45) is 5.84 Å². The van der Waals surface area contributed by atoms with E-state index in [1.165, 1.54) is 0 Å². The summed E-state index contributed by atoms with van der Waals surface area (Å²) in [5.41, 5.74) is 2.47. The molecule has 21 heavy (non-hydrogen) atoms.